The lowest BCUT2D eigenvalue weighted by molar-refractivity contribution is -0.119. The third-order valence-corrected chi connectivity index (χ3v) is 2.81. The summed E-state index contributed by atoms with van der Waals surface area (Å²) in [6.07, 6.45) is 1.75. The smallest absolute Gasteiger partial charge is 0.410 e. The van der Waals surface area contributed by atoms with Crippen LogP contribution in [0.5, 0.6) is 0 Å². The fraction of sp³-hybridized carbons (Fsp3) is 0.867. The monoisotopic (exact) mass is 286 g/mol. The molecule has 1 saturated heterocycles. The minimum absolute atomic E-state index is 0.0237. The second-order valence-corrected chi connectivity index (χ2v) is 5.87. The van der Waals surface area contributed by atoms with Gasteiger partial charge in [-0.2, -0.15) is 0 Å². The number of nitrogens with zero attached hydrogens (tertiary/aromatic N) is 1. The molecule has 0 aromatic heterocycles. The number of amides is 2. The molecular formula is C15H30N2O3. The average molecular weight is 286 g/mol. The first-order valence-corrected chi connectivity index (χ1v) is 7.50. The molecule has 1 aliphatic heterocycles. The summed E-state index contributed by atoms with van der Waals surface area (Å²) in [5, 5.41) is 2.81. The molecule has 1 fully saturated rings. The zero-order valence-corrected chi connectivity index (χ0v) is 13.8. The summed E-state index contributed by atoms with van der Waals surface area (Å²) >= 11 is 0. The molecule has 20 heavy (non-hydrogen) atoms. The SMILES string of the molecule is CC.CC(=O)NCC1CCCN(C(=O)OC(C)(C)C)C1. The number of piperidine rings is 1. The van der Waals surface area contributed by atoms with Crippen LogP contribution in [0.15, 0.2) is 0 Å². The van der Waals surface area contributed by atoms with Crippen molar-refractivity contribution in [1.29, 1.82) is 0 Å². The maximum atomic E-state index is 11.9. The van der Waals surface area contributed by atoms with Gasteiger partial charge in [-0.1, -0.05) is 13.8 Å². The number of carbonyl (C=O) groups is 2. The Morgan fingerprint density at radius 1 is 1.30 bits per heavy atom. The van der Waals surface area contributed by atoms with Crippen molar-refractivity contribution in [3.8, 4) is 0 Å². The Kier molecular flexibility index (Phi) is 8.26. The van der Waals surface area contributed by atoms with E-state index in [2.05, 4.69) is 5.32 Å². The molecule has 1 heterocycles. The van der Waals surface area contributed by atoms with Crippen molar-refractivity contribution in [1.82, 2.24) is 10.2 Å². The zero-order chi connectivity index (χ0) is 15.8. The molecule has 5 nitrogen and oxygen atoms in total. The maximum Gasteiger partial charge on any atom is 0.410 e. The first kappa shape index (κ1) is 18.7. The highest BCUT2D eigenvalue weighted by Crippen LogP contribution is 2.18. The van der Waals surface area contributed by atoms with Gasteiger partial charge in [-0.05, 0) is 39.5 Å². The molecule has 2 amide bonds. The molecule has 5 heteroatoms. The summed E-state index contributed by atoms with van der Waals surface area (Å²) in [6, 6.07) is 0. The maximum absolute atomic E-state index is 11.9. The van der Waals surface area contributed by atoms with Crippen molar-refractivity contribution in [3.63, 3.8) is 0 Å². The summed E-state index contributed by atoms with van der Waals surface area (Å²) in [7, 11) is 0. The Morgan fingerprint density at radius 2 is 1.90 bits per heavy atom. The predicted octanol–water partition coefficient (Wildman–Crippen LogP) is 2.80. The van der Waals surface area contributed by atoms with Gasteiger partial charge in [-0.15, -0.1) is 0 Å². The second kappa shape index (κ2) is 8.82. The second-order valence-electron chi connectivity index (χ2n) is 5.87. The Labute approximate surface area is 123 Å². The first-order valence-electron chi connectivity index (χ1n) is 7.50. The molecule has 1 unspecified atom stereocenters. The molecule has 1 rings (SSSR count). The molecule has 0 aromatic carbocycles. The van der Waals surface area contributed by atoms with Gasteiger partial charge in [0, 0.05) is 26.6 Å². The quantitative estimate of drug-likeness (QED) is 0.849. The number of rotatable bonds is 2. The Morgan fingerprint density at radius 3 is 2.40 bits per heavy atom. The molecule has 0 spiro atoms. The Bertz CT molecular complexity index is 311. The zero-order valence-electron chi connectivity index (χ0n) is 13.8. The highest BCUT2D eigenvalue weighted by molar-refractivity contribution is 5.72. The van der Waals surface area contributed by atoms with E-state index in [0.717, 1.165) is 19.4 Å². The summed E-state index contributed by atoms with van der Waals surface area (Å²) in [5.41, 5.74) is -0.457. The van der Waals surface area contributed by atoms with Crippen LogP contribution in [0.3, 0.4) is 0 Å². The van der Waals surface area contributed by atoms with E-state index in [0.29, 0.717) is 19.0 Å². The highest BCUT2D eigenvalue weighted by Gasteiger charge is 2.27. The van der Waals surface area contributed by atoms with Gasteiger partial charge in [0.25, 0.3) is 0 Å². The fourth-order valence-electron chi connectivity index (χ4n) is 2.01. The molecule has 118 valence electrons. The van der Waals surface area contributed by atoms with Crippen LogP contribution >= 0.6 is 0 Å². The van der Waals surface area contributed by atoms with Gasteiger partial charge in [-0.25, -0.2) is 4.79 Å². The third kappa shape index (κ3) is 8.02. The summed E-state index contributed by atoms with van der Waals surface area (Å²) < 4.78 is 5.35. The van der Waals surface area contributed by atoms with Gasteiger partial charge in [-0.3, -0.25) is 4.79 Å². The van der Waals surface area contributed by atoms with Crippen molar-refractivity contribution >= 4 is 12.0 Å². The first-order chi connectivity index (χ1) is 9.28. The van der Waals surface area contributed by atoms with Crippen molar-refractivity contribution < 1.29 is 14.3 Å². The predicted molar refractivity (Wildman–Crippen MR) is 80.6 cm³/mol. The topological polar surface area (TPSA) is 58.6 Å². The van der Waals surface area contributed by atoms with E-state index in [4.69, 9.17) is 4.74 Å². The third-order valence-electron chi connectivity index (χ3n) is 2.81. The number of likely N-dealkylation sites (tertiary alicyclic amines) is 1. The molecule has 0 radical (unpaired) electrons. The van der Waals surface area contributed by atoms with E-state index in [1.807, 2.05) is 34.6 Å². The van der Waals surface area contributed by atoms with E-state index < -0.39 is 5.60 Å². The Balaban J connectivity index is 0.00000172. The van der Waals surface area contributed by atoms with E-state index >= 15 is 0 Å². The lowest BCUT2D eigenvalue weighted by Crippen LogP contribution is -2.45. The van der Waals surface area contributed by atoms with Crippen LogP contribution in [-0.4, -0.2) is 42.1 Å². The van der Waals surface area contributed by atoms with Crippen LogP contribution < -0.4 is 5.32 Å². The van der Waals surface area contributed by atoms with Crippen molar-refractivity contribution in [3.05, 3.63) is 0 Å². The van der Waals surface area contributed by atoms with Crippen LogP contribution in [0.1, 0.15) is 54.4 Å². The Hall–Kier alpha value is -1.26. The van der Waals surface area contributed by atoms with Gasteiger partial charge in [0.05, 0.1) is 0 Å². The number of hydrogen-bond acceptors (Lipinski definition) is 3. The van der Waals surface area contributed by atoms with Crippen LogP contribution in [0, 0.1) is 5.92 Å². The molecule has 1 N–H and O–H groups in total. The van der Waals surface area contributed by atoms with Crippen LogP contribution in [0.25, 0.3) is 0 Å². The van der Waals surface area contributed by atoms with Gasteiger partial charge >= 0.3 is 6.09 Å². The van der Waals surface area contributed by atoms with Gasteiger partial charge in [0.1, 0.15) is 5.60 Å². The van der Waals surface area contributed by atoms with E-state index in [9.17, 15) is 9.59 Å². The van der Waals surface area contributed by atoms with E-state index in [-0.39, 0.29) is 12.0 Å². The minimum atomic E-state index is -0.457. The number of carbonyl (C=O) groups excluding carboxylic acids is 2. The molecule has 0 aromatic rings. The fourth-order valence-corrected chi connectivity index (χ4v) is 2.01. The summed E-state index contributed by atoms with van der Waals surface area (Å²) in [5.74, 6) is 0.305. The molecule has 1 aliphatic rings. The summed E-state index contributed by atoms with van der Waals surface area (Å²) in [6.45, 7) is 13.1. The number of hydrogen-bond donors (Lipinski definition) is 1. The minimum Gasteiger partial charge on any atom is -0.444 e. The van der Waals surface area contributed by atoms with E-state index in [1.165, 1.54) is 6.92 Å². The van der Waals surface area contributed by atoms with Gasteiger partial charge < -0.3 is 15.0 Å². The van der Waals surface area contributed by atoms with Crippen LogP contribution in [0.2, 0.25) is 0 Å². The van der Waals surface area contributed by atoms with E-state index in [1.54, 1.807) is 4.90 Å². The molecule has 0 saturated carbocycles. The van der Waals surface area contributed by atoms with Crippen molar-refractivity contribution in [2.24, 2.45) is 5.92 Å². The largest absolute Gasteiger partial charge is 0.444 e. The normalized spacial score (nSPS) is 18.7. The van der Waals surface area contributed by atoms with Crippen LogP contribution in [-0.2, 0) is 9.53 Å². The number of ether oxygens (including phenoxy) is 1. The lowest BCUT2D eigenvalue weighted by Gasteiger charge is -2.34. The van der Waals surface area contributed by atoms with Crippen molar-refractivity contribution in [2.75, 3.05) is 19.6 Å². The molecular weight excluding hydrogens is 256 g/mol. The number of nitrogens with one attached hydrogen (secondary N) is 1. The van der Waals surface area contributed by atoms with Gasteiger partial charge in [0.2, 0.25) is 5.91 Å². The molecule has 0 bridgehead atoms. The average Bonchev–Trinajstić information content (AvgIpc) is 2.37. The molecule has 1 atom stereocenters. The standard InChI is InChI=1S/C13H24N2O3.C2H6/c1-10(16)14-8-11-6-5-7-15(9-11)12(17)18-13(2,3)4;1-2/h11H,5-9H2,1-4H3,(H,14,16);1-2H3. The highest BCUT2D eigenvalue weighted by atomic mass is 16.6. The van der Waals surface area contributed by atoms with Gasteiger partial charge in [0.15, 0.2) is 0 Å². The summed E-state index contributed by atoms with van der Waals surface area (Å²) in [4.78, 5) is 24.5. The lowest BCUT2D eigenvalue weighted by atomic mass is 9.98. The van der Waals surface area contributed by atoms with Crippen LogP contribution in [0.4, 0.5) is 4.79 Å². The molecule has 0 aliphatic carbocycles. The van der Waals surface area contributed by atoms with Crippen molar-refractivity contribution in [2.45, 2.75) is 60.0 Å².